The fraction of sp³-hybridized carbons (Fsp3) is 0.292. The van der Waals surface area contributed by atoms with E-state index in [0.29, 0.717) is 31.2 Å². The Kier molecular flexibility index (Phi) is 7.07. The number of hydrogen-bond acceptors (Lipinski definition) is 5. The van der Waals surface area contributed by atoms with Gasteiger partial charge in [-0.2, -0.15) is 5.10 Å². The molecule has 1 aromatic heterocycles. The van der Waals surface area contributed by atoms with E-state index in [4.69, 9.17) is 9.47 Å². The zero-order valence-electron chi connectivity index (χ0n) is 18.0. The van der Waals surface area contributed by atoms with Gasteiger partial charge in [0.15, 0.2) is 0 Å². The molecule has 1 heterocycles. The average molecular weight is 421 g/mol. The smallest absolute Gasteiger partial charge is 0.267 e. The van der Waals surface area contributed by atoms with Crippen molar-refractivity contribution in [2.45, 2.75) is 26.3 Å². The molecule has 7 nitrogen and oxygen atoms in total. The van der Waals surface area contributed by atoms with Crippen LogP contribution in [0.2, 0.25) is 0 Å². The molecule has 7 heteroatoms. The van der Waals surface area contributed by atoms with Crippen LogP contribution in [-0.2, 0) is 10.3 Å². The molecule has 0 spiro atoms. The van der Waals surface area contributed by atoms with E-state index in [1.165, 1.54) is 10.7 Å². The van der Waals surface area contributed by atoms with E-state index in [1.54, 1.807) is 19.9 Å². The monoisotopic (exact) mass is 421 g/mol. The number of hydrogen-bond donors (Lipinski definition) is 1. The zero-order valence-corrected chi connectivity index (χ0v) is 18.0. The van der Waals surface area contributed by atoms with Gasteiger partial charge in [0.05, 0.1) is 18.8 Å². The average Bonchev–Trinajstić information content (AvgIpc) is 2.78. The van der Waals surface area contributed by atoms with Gasteiger partial charge in [0.25, 0.3) is 5.56 Å². The molecule has 162 valence electrons. The van der Waals surface area contributed by atoms with Gasteiger partial charge in [0, 0.05) is 11.6 Å². The minimum Gasteiger partial charge on any atom is -0.494 e. The van der Waals surface area contributed by atoms with Gasteiger partial charge in [-0.1, -0.05) is 30.3 Å². The fourth-order valence-corrected chi connectivity index (χ4v) is 3.02. The summed E-state index contributed by atoms with van der Waals surface area (Å²) < 4.78 is 12.3. The van der Waals surface area contributed by atoms with E-state index in [9.17, 15) is 9.59 Å². The molecule has 31 heavy (non-hydrogen) atoms. The van der Waals surface area contributed by atoms with Crippen LogP contribution in [-0.4, -0.2) is 35.4 Å². The molecule has 3 aromatic rings. The predicted molar refractivity (Wildman–Crippen MR) is 119 cm³/mol. The van der Waals surface area contributed by atoms with Crippen molar-refractivity contribution >= 4 is 5.91 Å². The first kappa shape index (κ1) is 22.1. The van der Waals surface area contributed by atoms with Crippen LogP contribution < -0.4 is 20.3 Å². The summed E-state index contributed by atoms with van der Waals surface area (Å²) in [5.74, 6) is 1.15. The Labute approximate surface area is 181 Å². The summed E-state index contributed by atoms with van der Waals surface area (Å²) >= 11 is 0. The number of benzene rings is 2. The maximum absolute atomic E-state index is 12.8. The third kappa shape index (κ3) is 5.51. The summed E-state index contributed by atoms with van der Waals surface area (Å²) in [4.78, 5) is 25.2. The second-order valence-electron chi connectivity index (χ2n) is 7.40. The van der Waals surface area contributed by atoms with Crippen LogP contribution in [0.3, 0.4) is 0 Å². The van der Waals surface area contributed by atoms with Gasteiger partial charge in [-0.15, -0.1) is 0 Å². The molecule has 1 N–H and O–H groups in total. The molecule has 0 saturated carbocycles. The maximum Gasteiger partial charge on any atom is 0.267 e. The summed E-state index contributed by atoms with van der Waals surface area (Å²) in [5, 5.41) is 7.26. The SMILES string of the molecule is CCOc1ccc(OCCNC(=O)C(C)(C)n2nc(-c3ccccc3)ccc2=O)cc1. The second kappa shape index (κ2) is 9.93. The summed E-state index contributed by atoms with van der Waals surface area (Å²) in [6.07, 6.45) is 0. The lowest BCUT2D eigenvalue weighted by molar-refractivity contribution is -0.129. The molecule has 0 aliphatic heterocycles. The highest BCUT2D eigenvalue weighted by molar-refractivity contribution is 5.83. The Morgan fingerprint density at radius 3 is 2.26 bits per heavy atom. The van der Waals surface area contributed by atoms with Crippen LogP contribution in [0.1, 0.15) is 20.8 Å². The van der Waals surface area contributed by atoms with E-state index in [1.807, 2.05) is 61.5 Å². The van der Waals surface area contributed by atoms with Gasteiger partial charge >= 0.3 is 0 Å². The number of rotatable bonds is 9. The first-order valence-electron chi connectivity index (χ1n) is 10.2. The van der Waals surface area contributed by atoms with E-state index >= 15 is 0 Å². The van der Waals surface area contributed by atoms with Gasteiger partial charge in [-0.25, -0.2) is 4.68 Å². The topological polar surface area (TPSA) is 82.4 Å². The highest BCUT2D eigenvalue weighted by Gasteiger charge is 2.32. The normalized spacial score (nSPS) is 11.1. The number of carbonyl (C=O) groups is 1. The van der Waals surface area contributed by atoms with Crippen molar-refractivity contribution in [2.75, 3.05) is 19.8 Å². The number of aromatic nitrogens is 2. The lowest BCUT2D eigenvalue weighted by Gasteiger charge is -2.25. The molecule has 0 atom stereocenters. The minimum atomic E-state index is -1.17. The summed E-state index contributed by atoms with van der Waals surface area (Å²) in [5.41, 5.74) is -0.0114. The lowest BCUT2D eigenvalue weighted by Crippen LogP contribution is -2.50. The predicted octanol–water partition coefficient (Wildman–Crippen LogP) is 3.24. The van der Waals surface area contributed by atoms with E-state index in [2.05, 4.69) is 10.4 Å². The third-order valence-electron chi connectivity index (χ3n) is 4.75. The van der Waals surface area contributed by atoms with Crippen molar-refractivity contribution in [3.05, 3.63) is 77.1 Å². The molecular formula is C24H27N3O4. The molecule has 3 rings (SSSR count). The van der Waals surface area contributed by atoms with Crippen molar-refractivity contribution in [1.29, 1.82) is 0 Å². The van der Waals surface area contributed by atoms with Gasteiger partial charge in [-0.3, -0.25) is 9.59 Å². The van der Waals surface area contributed by atoms with Crippen LogP contribution in [0, 0.1) is 0 Å². The van der Waals surface area contributed by atoms with Crippen molar-refractivity contribution in [1.82, 2.24) is 15.1 Å². The van der Waals surface area contributed by atoms with Gasteiger partial charge in [-0.05, 0) is 51.1 Å². The maximum atomic E-state index is 12.8. The van der Waals surface area contributed by atoms with Crippen LogP contribution in [0.25, 0.3) is 11.3 Å². The fourth-order valence-electron chi connectivity index (χ4n) is 3.02. The van der Waals surface area contributed by atoms with Crippen molar-refractivity contribution < 1.29 is 14.3 Å². The highest BCUT2D eigenvalue weighted by atomic mass is 16.5. The van der Waals surface area contributed by atoms with Crippen LogP contribution >= 0.6 is 0 Å². The molecule has 0 fully saturated rings. The van der Waals surface area contributed by atoms with Crippen molar-refractivity contribution in [3.63, 3.8) is 0 Å². The molecule has 0 aliphatic rings. The van der Waals surface area contributed by atoms with Gasteiger partial charge in [0.2, 0.25) is 5.91 Å². The zero-order chi connectivity index (χ0) is 22.3. The molecule has 1 amide bonds. The summed E-state index contributed by atoms with van der Waals surface area (Å²) in [7, 11) is 0. The lowest BCUT2D eigenvalue weighted by atomic mass is 10.0. The quantitative estimate of drug-likeness (QED) is 0.537. The Hall–Kier alpha value is -3.61. The number of ether oxygens (including phenoxy) is 2. The Morgan fingerprint density at radius 1 is 0.968 bits per heavy atom. The molecule has 0 radical (unpaired) electrons. The number of nitrogens with zero attached hydrogens (tertiary/aromatic N) is 2. The van der Waals surface area contributed by atoms with Crippen molar-refractivity contribution in [3.8, 4) is 22.8 Å². The Balaban J connectivity index is 1.61. The molecule has 0 bridgehead atoms. The summed E-state index contributed by atoms with van der Waals surface area (Å²) in [6.45, 7) is 6.45. The molecule has 0 aliphatic carbocycles. The largest absolute Gasteiger partial charge is 0.494 e. The summed E-state index contributed by atoms with van der Waals surface area (Å²) in [6, 6.07) is 19.9. The first-order chi connectivity index (χ1) is 14.9. The van der Waals surface area contributed by atoms with Crippen LogP contribution in [0.5, 0.6) is 11.5 Å². The highest BCUT2D eigenvalue weighted by Crippen LogP contribution is 2.19. The number of carbonyl (C=O) groups excluding carboxylic acids is 1. The van der Waals surface area contributed by atoms with Gasteiger partial charge < -0.3 is 14.8 Å². The van der Waals surface area contributed by atoms with Crippen LogP contribution in [0.4, 0.5) is 0 Å². The van der Waals surface area contributed by atoms with Gasteiger partial charge in [0.1, 0.15) is 23.6 Å². The molecular weight excluding hydrogens is 394 g/mol. The number of amides is 1. The molecule has 0 saturated heterocycles. The minimum absolute atomic E-state index is 0.294. The van der Waals surface area contributed by atoms with E-state index in [0.717, 1.165) is 11.3 Å². The van der Waals surface area contributed by atoms with Crippen molar-refractivity contribution in [2.24, 2.45) is 0 Å². The molecule has 0 unspecified atom stereocenters. The van der Waals surface area contributed by atoms with E-state index < -0.39 is 5.54 Å². The Morgan fingerprint density at radius 2 is 1.61 bits per heavy atom. The molecule has 2 aromatic carbocycles. The third-order valence-corrected chi connectivity index (χ3v) is 4.75. The standard InChI is InChI=1S/C24H27N3O4/c1-4-30-19-10-12-20(13-11-19)31-17-16-25-23(29)24(2,3)27-22(28)15-14-21(26-27)18-8-6-5-7-9-18/h5-15H,4,16-17H2,1-3H3,(H,25,29). The van der Waals surface area contributed by atoms with Crippen LogP contribution in [0.15, 0.2) is 71.5 Å². The second-order valence-corrected chi connectivity index (χ2v) is 7.40. The Bertz CT molecular complexity index is 1060. The number of nitrogens with one attached hydrogen (secondary N) is 1. The van der Waals surface area contributed by atoms with E-state index in [-0.39, 0.29) is 11.5 Å². The first-order valence-corrected chi connectivity index (χ1v) is 10.2.